The van der Waals surface area contributed by atoms with Gasteiger partial charge in [-0.2, -0.15) is 0 Å². The van der Waals surface area contributed by atoms with Gasteiger partial charge in [-0.1, -0.05) is 0 Å². The first-order chi connectivity index (χ1) is 7.91. The average molecular weight is 249 g/mol. The maximum absolute atomic E-state index is 10.9. The molecule has 0 rings (SSSR count). The molecule has 1 unspecified atom stereocenters. The van der Waals surface area contributed by atoms with E-state index in [0.717, 1.165) is 0 Å². The first kappa shape index (κ1) is 15.5. The predicted octanol–water partition coefficient (Wildman–Crippen LogP) is 2.32. The van der Waals surface area contributed by atoms with Crippen LogP contribution >= 0.6 is 0 Å². The van der Waals surface area contributed by atoms with Gasteiger partial charge < -0.3 is 14.3 Å². The summed E-state index contributed by atoms with van der Waals surface area (Å²) in [6.45, 7) is 5.34. The summed E-state index contributed by atoms with van der Waals surface area (Å²) in [7, 11) is 0. The van der Waals surface area contributed by atoms with Crippen LogP contribution < -0.4 is 0 Å². The highest BCUT2D eigenvalue weighted by Crippen LogP contribution is 2.05. The zero-order chi connectivity index (χ0) is 13.3. The van der Waals surface area contributed by atoms with E-state index in [9.17, 15) is 14.9 Å². The Bertz CT molecular complexity index is 243. The molecule has 0 fully saturated rings. The van der Waals surface area contributed by atoms with Crippen LogP contribution in [0.3, 0.4) is 0 Å². The first-order valence-electron chi connectivity index (χ1n) is 5.56. The standard InChI is InChI=1S/C10H19NO6/c1-8(2)16-10(12)15-7-5-4-6-9(3)17-11(13)14/h8-9H,4-7H2,1-3H3. The van der Waals surface area contributed by atoms with Crippen LogP contribution in [0, 0.1) is 10.1 Å². The number of hydrogen-bond donors (Lipinski definition) is 0. The van der Waals surface area contributed by atoms with Crippen LogP contribution in [0.5, 0.6) is 0 Å². The zero-order valence-electron chi connectivity index (χ0n) is 10.4. The highest BCUT2D eigenvalue weighted by molar-refractivity contribution is 5.59. The Morgan fingerprint density at radius 2 is 1.94 bits per heavy atom. The minimum Gasteiger partial charge on any atom is -0.434 e. The molecule has 0 heterocycles. The Morgan fingerprint density at radius 1 is 1.29 bits per heavy atom. The van der Waals surface area contributed by atoms with Crippen molar-refractivity contribution < 1.29 is 24.2 Å². The number of hydrogen-bond acceptors (Lipinski definition) is 6. The number of ether oxygens (including phenoxy) is 2. The van der Waals surface area contributed by atoms with Crippen molar-refractivity contribution in [2.45, 2.75) is 52.2 Å². The second-order valence-corrected chi connectivity index (χ2v) is 3.90. The van der Waals surface area contributed by atoms with Gasteiger partial charge in [-0.15, -0.1) is 10.1 Å². The molecule has 0 saturated heterocycles. The van der Waals surface area contributed by atoms with Gasteiger partial charge in [-0.25, -0.2) is 4.79 Å². The predicted molar refractivity (Wildman–Crippen MR) is 59.0 cm³/mol. The zero-order valence-corrected chi connectivity index (χ0v) is 10.4. The largest absolute Gasteiger partial charge is 0.508 e. The van der Waals surface area contributed by atoms with Gasteiger partial charge in [0.25, 0.3) is 5.09 Å². The highest BCUT2D eigenvalue weighted by atomic mass is 17.0. The number of unbranched alkanes of at least 4 members (excludes halogenated alkanes) is 1. The first-order valence-corrected chi connectivity index (χ1v) is 5.56. The molecule has 7 heteroatoms. The van der Waals surface area contributed by atoms with Gasteiger partial charge in [-0.05, 0) is 40.0 Å². The normalized spacial score (nSPS) is 12.0. The van der Waals surface area contributed by atoms with E-state index < -0.39 is 17.3 Å². The van der Waals surface area contributed by atoms with Crippen molar-refractivity contribution in [2.75, 3.05) is 6.61 Å². The lowest BCUT2D eigenvalue weighted by Crippen LogP contribution is -2.15. The van der Waals surface area contributed by atoms with E-state index >= 15 is 0 Å². The summed E-state index contributed by atoms with van der Waals surface area (Å²) in [6.07, 6.45) is 0.532. The molecule has 0 radical (unpaired) electrons. The van der Waals surface area contributed by atoms with E-state index in [1.165, 1.54) is 0 Å². The highest BCUT2D eigenvalue weighted by Gasteiger charge is 2.08. The molecular weight excluding hydrogens is 230 g/mol. The fourth-order valence-electron chi connectivity index (χ4n) is 1.12. The van der Waals surface area contributed by atoms with Crippen molar-refractivity contribution >= 4 is 6.16 Å². The van der Waals surface area contributed by atoms with Crippen molar-refractivity contribution in [1.82, 2.24) is 0 Å². The maximum atomic E-state index is 10.9. The minimum atomic E-state index is -0.804. The molecule has 0 saturated carbocycles. The topological polar surface area (TPSA) is 87.9 Å². The van der Waals surface area contributed by atoms with Gasteiger partial charge in [0.1, 0.15) is 6.10 Å². The Kier molecular flexibility index (Phi) is 7.83. The molecule has 0 amide bonds. The minimum absolute atomic E-state index is 0.198. The van der Waals surface area contributed by atoms with E-state index in [0.29, 0.717) is 19.3 Å². The molecule has 0 aromatic heterocycles. The van der Waals surface area contributed by atoms with Crippen molar-refractivity contribution in [3.05, 3.63) is 10.1 Å². The van der Waals surface area contributed by atoms with Gasteiger partial charge in [0, 0.05) is 0 Å². The van der Waals surface area contributed by atoms with Gasteiger partial charge in [0.2, 0.25) is 0 Å². The third-order valence-corrected chi connectivity index (χ3v) is 1.82. The molecule has 17 heavy (non-hydrogen) atoms. The van der Waals surface area contributed by atoms with Crippen LogP contribution in [-0.2, 0) is 14.3 Å². The van der Waals surface area contributed by atoms with Crippen LogP contribution in [0.25, 0.3) is 0 Å². The van der Waals surface area contributed by atoms with Crippen LogP contribution in [0.15, 0.2) is 0 Å². The molecule has 0 aliphatic heterocycles. The van der Waals surface area contributed by atoms with Gasteiger partial charge in [0.15, 0.2) is 0 Å². The van der Waals surface area contributed by atoms with Crippen LogP contribution in [-0.4, -0.2) is 30.1 Å². The lowest BCUT2D eigenvalue weighted by molar-refractivity contribution is -0.767. The molecule has 0 N–H and O–H groups in total. The number of carbonyl (C=O) groups is 1. The summed E-state index contributed by atoms with van der Waals surface area (Å²) in [5, 5.41) is 9.18. The molecule has 0 aromatic rings. The number of rotatable bonds is 8. The number of carbonyl (C=O) groups excluding carboxylic acids is 1. The van der Waals surface area contributed by atoms with E-state index in [1.807, 2.05) is 0 Å². The Labute approximate surface area is 100 Å². The monoisotopic (exact) mass is 249 g/mol. The quantitative estimate of drug-likeness (QED) is 0.284. The average Bonchev–Trinajstić information content (AvgIpc) is 2.14. The SMILES string of the molecule is CC(C)OC(=O)OCCCCC(C)O[N+](=O)[O-]. The van der Waals surface area contributed by atoms with Crippen molar-refractivity contribution in [3.8, 4) is 0 Å². The van der Waals surface area contributed by atoms with Crippen LogP contribution in [0.4, 0.5) is 4.79 Å². The summed E-state index contributed by atoms with van der Waals surface area (Å²) in [5.41, 5.74) is 0. The van der Waals surface area contributed by atoms with Crippen molar-refractivity contribution in [2.24, 2.45) is 0 Å². The number of nitrogens with zero attached hydrogens (tertiary/aromatic N) is 1. The maximum Gasteiger partial charge on any atom is 0.508 e. The fraction of sp³-hybridized carbons (Fsp3) is 0.900. The second-order valence-electron chi connectivity index (χ2n) is 3.90. The fourth-order valence-corrected chi connectivity index (χ4v) is 1.12. The van der Waals surface area contributed by atoms with E-state index in [1.54, 1.807) is 20.8 Å². The molecular formula is C10H19NO6. The molecule has 7 nitrogen and oxygen atoms in total. The molecule has 1 atom stereocenters. The molecule has 0 aliphatic carbocycles. The van der Waals surface area contributed by atoms with Gasteiger partial charge in [-0.3, -0.25) is 0 Å². The van der Waals surface area contributed by atoms with Gasteiger partial charge >= 0.3 is 6.16 Å². The molecule has 0 aliphatic rings. The second kappa shape index (κ2) is 8.60. The summed E-state index contributed by atoms with van der Waals surface area (Å²) >= 11 is 0. The third-order valence-electron chi connectivity index (χ3n) is 1.82. The lowest BCUT2D eigenvalue weighted by atomic mass is 10.2. The summed E-state index contributed by atoms with van der Waals surface area (Å²) in [4.78, 5) is 25.2. The van der Waals surface area contributed by atoms with E-state index in [2.05, 4.69) is 4.84 Å². The smallest absolute Gasteiger partial charge is 0.434 e. The Balaban J connectivity index is 3.40. The summed E-state index contributed by atoms with van der Waals surface area (Å²) in [5.74, 6) is 0. The van der Waals surface area contributed by atoms with E-state index in [4.69, 9.17) is 9.47 Å². The van der Waals surface area contributed by atoms with Crippen LogP contribution in [0.1, 0.15) is 40.0 Å². The lowest BCUT2D eigenvalue weighted by Gasteiger charge is -2.10. The van der Waals surface area contributed by atoms with Crippen molar-refractivity contribution in [3.63, 3.8) is 0 Å². The van der Waals surface area contributed by atoms with Crippen molar-refractivity contribution in [1.29, 1.82) is 0 Å². The summed E-state index contributed by atoms with van der Waals surface area (Å²) < 4.78 is 9.54. The molecule has 0 bridgehead atoms. The third kappa shape index (κ3) is 10.7. The van der Waals surface area contributed by atoms with Crippen LogP contribution in [0.2, 0.25) is 0 Å². The Morgan fingerprint density at radius 3 is 2.47 bits per heavy atom. The van der Waals surface area contributed by atoms with E-state index in [-0.39, 0.29) is 12.7 Å². The molecule has 0 aromatic carbocycles. The summed E-state index contributed by atoms with van der Waals surface area (Å²) in [6, 6.07) is 0. The Hall–Kier alpha value is -1.53. The molecule has 100 valence electrons. The molecule has 0 spiro atoms. The van der Waals surface area contributed by atoms with Gasteiger partial charge in [0.05, 0.1) is 12.7 Å².